The highest BCUT2D eigenvalue weighted by molar-refractivity contribution is 5.91. The Bertz CT molecular complexity index is 355. The third kappa shape index (κ3) is 3.69. The largest absolute Gasteiger partial charge is 0.480 e. The molecule has 1 saturated carbocycles. The summed E-state index contributed by atoms with van der Waals surface area (Å²) in [6, 6.07) is 0. The average Bonchev–Trinajstić information content (AvgIpc) is 2.28. The van der Waals surface area contributed by atoms with Crippen LogP contribution in [0.3, 0.4) is 0 Å². The van der Waals surface area contributed by atoms with E-state index in [9.17, 15) is 14.7 Å². The molecule has 1 rings (SSSR count). The molecular formula is C14H26N2O3. The third-order valence-electron chi connectivity index (χ3n) is 3.95. The molecule has 1 aliphatic carbocycles. The zero-order valence-electron chi connectivity index (χ0n) is 12.4. The molecule has 0 heterocycles. The summed E-state index contributed by atoms with van der Waals surface area (Å²) in [5, 5.41) is 15.4. The van der Waals surface area contributed by atoms with Gasteiger partial charge < -0.3 is 15.7 Å². The Morgan fingerprint density at radius 3 is 2.53 bits per heavy atom. The Morgan fingerprint density at radius 2 is 2.05 bits per heavy atom. The molecule has 0 aliphatic heterocycles. The van der Waals surface area contributed by atoms with Crippen LogP contribution in [0.5, 0.6) is 0 Å². The number of carboxylic acid groups (broad SMARTS) is 1. The van der Waals surface area contributed by atoms with Crippen LogP contribution in [0.4, 0.5) is 0 Å². The van der Waals surface area contributed by atoms with E-state index in [1.54, 1.807) is 13.8 Å². The number of likely N-dealkylation sites (N-methyl/N-ethyl adjacent to an activating group) is 1. The number of aliphatic carboxylic acids is 1. The van der Waals surface area contributed by atoms with E-state index in [-0.39, 0.29) is 5.91 Å². The van der Waals surface area contributed by atoms with Gasteiger partial charge >= 0.3 is 5.97 Å². The highest BCUT2D eigenvalue weighted by Crippen LogP contribution is 2.33. The van der Waals surface area contributed by atoms with Gasteiger partial charge in [0.1, 0.15) is 5.54 Å². The maximum Gasteiger partial charge on any atom is 0.329 e. The van der Waals surface area contributed by atoms with Crippen LogP contribution in [0.2, 0.25) is 0 Å². The monoisotopic (exact) mass is 270 g/mol. The van der Waals surface area contributed by atoms with Gasteiger partial charge in [0, 0.05) is 0 Å². The summed E-state index contributed by atoms with van der Waals surface area (Å²) in [7, 11) is 0. The molecule has 2 atom stereocenters. The van der Waals surface area contributed by atoms with Crippen molar-refractivity contribution in [3.05, 3.63) is 0 Å². The summed E-state index contributed by atoms with van der Waals surface area (Å²) in [6.07, 6.45) is 2.90. The van der Waals surface area contributed by atoms with Crippen LogP contribution in [-0.4, -0.2) is 34.6 Å². The van der Waals surface area contributed by atoms with E-state index in [1.165, 1.54) is 0 Å². The van der Waals surface area contributed by atoms with E-state index >= 15 is 0 Å². The summed E-state index contributed by atoms with van der Waals surface area (Å²) >= 11 is 0. The number of carbonyl (C=O) groups is 2. The number of nitrogens with one attached hydrogen (secondary N) is 2. The molecule has 0 saturated heterocycles. The van der Waals surface area contributed by atoms with Gasteiger partial charge in [0.25, 0.3) is 0 Å². The first-order valence-electron chi connectivity index (χ1n) is 7.04. The molecule has 0 bridgehead atoms. The van der Waals surface area contributed by atoms with Crippen LogP contribution in [0.15, 0.2) is 0 Å². The lowest BCUT2D eigenvalue weighted by Crippen LogP contribution is -2.63. The second kappa shape index (κ2) is 5.90. The molecule has 0 aromatic carbocycles. The summed E-state index contributed by atoms with van der Waals surface area (Å²) in [5.41, 5.74) is -1.85. The van der Waals surface area contributed by atoms with Gasteiger partial charge in [0.05, 0.1) is 5.54 Å². The van der Waals surface area contributed by atoms with Crippen molar-refractivity contribution in [2.24, 2.45) is 5.92 Å². The Kier molecular flexibility index (Phi) is 4.96. The Labute approximate surface area is 115 Å². The third-order valence-corrected chi connectivity index (χ3v) is 3.95. The number of hydrogen-bond donors (Lipinski definition) is 3. The van der Waals surface area contributed by atoms with E-state index in [2.05, 4.69) is 10.6 Å². The van der Waals surface area contributed by atoms with Crippen molar-refractivity contribution in [3.8, 4) is 0 Å². The van der Waals surface area contributed by atoms with E-state index in [1.807, 2.05) is 13.8 Å². The topological polar surface area (TPSA) is 78.4 Å². The minimum atomic E-state index is -1.10. The fourth-order valence-corrected chi connectivity index (χ4v) is 2.81. The van der Waals surface area contributed by atoms with Crippen LogP contribution in [0.25, 0.3) is 0 Å². The minimum absolute atomic E-state index is 0.245. The Hall–Kier alpha value is -1.10. The molecule has 1 fully saturated rings. The SMILES string of the molecule is CCNC(C)(C)C(=O)NC1(C(=O)O)CCCC(C)C1. The minimum Gasteiger partial charge on any atom is -0.480 e. The van der Waals surface area contributed by atoms with Crippen molar-refractivity contribution < 1.29 is 14.7 Å². The van der Waals surface area contributed by atoms with Crippen molar-refractivity contribution in [3.63, 3.8) is 0 Å². The quantitative estimate of drug-likeness (QED) is 0.708. The number of amides is 1. The first-order valence-corrected chi connectivity index (χ1v) is 7.04. The van der Waals surface area contributed by atoms with Crippen LogP contribution in [0.1, 0.15) is 53.4 Å². The van der Waals surface area contributed by atoms with Gasteiger partial charge in [-0.25, -0.2) is 4.79 Å². The van der Waals surface area contributed by atoms with Crippen LogP contribution in [-0.2, 0) is 9.59 Å². The van der Waals surface area contributed by atoms with E-state index in [4.69, 9.17) is 0 Å². The summed E-state index contributed by atoms with van der Waals surface area (Å²) < 4.78 is 0. The maximum absolute atomic E-state index is 12.3. The summed E-state index contributed by atoms with van der Waals surface area (Å²) in [6.45, 7) is 8.17. The Balaban J connectivity index is 2.85. The molecule has 3 N–H and O–H groups in total. The fourth-order valence-electron chi connectivity index (χ4n) is 2.81. The second-order valence-electron chi connectivity index (χ2n) is 6.20. The average molecular weight is 270 g/mol. The van der Waals surface area contributed by atoms with Crippen molar-refractivity contribution in [1.29, 1.82) is 0 Å². The van der Waals surface area contributed by atoms with Gasteiger partial charge in [-0.15, -0.1) is 0 Å². The van der Waals surface area contributed by atoms with Crippen molar-refractivity contribution in [1.82, 2.24) is 10.6 Å². The molecule has 0 aromatic rings. The van der Waals surface area contributed by atoms with Crippen LogP contribution in [0, 0.1) is 5.92 Å². The summed E-state index contributed by atoms with van der Waals surface area (Å²) in [4.78, 5) is 23.9. The van der Waals surface area contributed by atoms with Gasteiger partial charge in [-0.3, -0.25) is 4.79 Å². The zero-order chi connectivity index (χ0) is 14.7. The lowest BCUT2D eigenvalue weighted by atomic mass is 9.76. The van der Waals surface area contributed by atoms with Gasteiger partial charge in [0.15, 0.2) is 0 Å². The number of rotatable bonds is 5. The fraction of sp³-hybridized carbons (Fsp3) is 0.857. The van der Waals surface area contributed by atoms with Gasteiger partial charge in [-0.05, 0) is 39.2 Å². The second-order valence-corrected chi connectivity index (χ2v) is 6.20. The van der Waals surface area contributed by atoms with Crippen molar-refractivity contribution in [2.75, 3.05) is 6.54 Å². The van der Waals surface area contributed by atoms with Gasteiger partial charge in [-0.2, -0.15) is 0 Å². The molecule has 0 spiro atoms. The first kappa shape index (κ1) is 16.0. The maximum atomic E-state index is 12.3. The molecule has 1 aliphatic rings. The van der Waals surface area contributed by atoms with E-state index in [0.29, 0.717) is 25.3 Å². The number of hydrogen-bond acceptors (Lipinski definition) is 3. The lowest BCUT2D eigenvalue weighted by Gasteiger charge is -2.39. The molecule has 5 nitrogen and oxygen atoms in total. The molecule has 2 unspecified atom stereocenters. The number of carboxylic acids is 1. The Morgan fingerprint density at radius 1 is 1.42 bits per heavy atom. The standard InChI is InChI=1S/C14H26N2O3/c1-5-15-13(3,4)11(17)16-14(12(18)19)8-6-7-10(2)9-14/h10,15H,5-9H2,1-4H3,(H,16,17)(H,18,19). The zero-order valence-corrected chi connectivity index (χ0v) is 12.4. The number of carbonyl (C=O) groups excluding carboxylic acids is 1. The molecule has 19 heavy (non-hydrogen) atoms. The van der Waals surface area contributed by atoms with Gasteiger partial charge in [-0.1, -0.05) is 26.7 Å². The molecule has 0 aromatic heterocycles. The smallest absolute Gasteiger partial charge is 0.329 e. The highest BCUT2D eigenvalue weighted by atomic mass is 16.4. The normalized spacial score (nSPS) is 27.9. The highest BCUT2D eigenvalue weighted by Gasteiger charge is 2.45. The molecular weight excluding hydrogens is 244 g/mol. The predicted octanol–water partition coefficient (Wildman–Crippen LogP) is 1.52. The van der Waals surface area contributed by atoms with Crippen LogP contribution < -0.4 is 10.6 Å². The molecule has 0 radical (unpaired) electrons. The summed E-state index contributed by atoms with van der Waals surface area (Å²) in [5.74, 6) is -0.835. The van der Waals surface area contributed by atoms with Crippen LogP contribution >= 0.6 is 0 Å². The predicted molar refractivity (Wildman–Crippen MR) is 73.9 cm³/mol. The molecule has 5 heteroatoms. The van der Waals surface area contributed by atoms with E-state index in [0.717, 1.165) is 12.8 Å². The molecule has 1 amide bonds. The van der Waals surface area contributed by atoms with Gasteiger partial charge in [0.2, 0.25) is 5.91 Å². The lowest BCUT2D eigenvalue weighted by molar-refractivity contribution is -0.151. The van der Waals surface area contributed by atoms with Crippen molar-refractivity contribution >= 4 is 11.9 Å². The first-order chi connectivity index (χ1) is 8.73. The molecule has 110 valence electrons. The van der Waals surface area contributed by atoms with E-state index < -0.39 is 17.0 Å². The van der Waals surface area contributed by atoms with Crippen molar-refractivity contribution in [2.45, 2.75) is 64.5 Å².